The molecule has 0 aromatic heterocycles. The summed E-state index contributed by atoms with van der Waals surface area (Å²) in [5, 5.41) is 0. The predicted octanol–water partition coefficient (Wildman–Crippen LogP) is 2.09. The molecule has 0 fully saturated rings. The van der Waals surface area contributed by atoms with E-state index in [4.69, 9.17) is 9.47 Å². The molecule has 0 aromatic carbocycles. The van der Waals surface area contributed by atoms with Crippen LogP contribution in [0, 0.1) is 5.92 Å². The third-order valence-corrected chi connectivity index (χ3v) is 1.96. The van der Waals surface area contributed by atoms with E-state index in [0.717, 1.165) is 6.42 Å². The van der Waals surface area contributed by atoms with Gasteiger partial charge >= 0.3 is 11.9 Å². The zero-order chi connectivity index (χ0) is 12.4. The summed E-state index contributed by atoms with van der Waals surface area (Å²) >= 11 is 0. The van der Waals surface area contributed by atoms with Gasteiger partial charge in [-0.2, -0.15) is 0 Å². The Morgan fingerprint density at radius 2 is 1.88 bits per heavy atom. The first-order valence-corrected chi connectivity index (χ1v) is 5.61. The highest BCUT2D eigenvalue weighted by atomic mass is 16.6. The van der Waals surface area contributed by atoms with Gasteiger partial charge in [-0.15, -0.1) is 6.58 Å². The molecule has 4 heteroatoms. The van der Waals surface area contributed by atoms with Gasteiger partial charge in [-0.3, -0.25) is 9.59 Å². The van der Waals surface area contributed by atoms with Gasteiger partial charge in [0.1, 0.15) is 0 Å². The number of carbonyl (C=O) groups is 2. The Bertz CT molecular complexity index is 235. The van der Waals surface area contributed by atoms with E-state index < -0.39 is 17.9 Å². The second kappa shape index (κ2) is 8.95. The Morgan fingerprint density at radius 3 is 2.38 bits per heavy atom. The second-order valence-electron chi connectivity index (χ2n) is 3.34. The van der Waals surface area contributed by atoms with E-state index >= 15 is 0 Å². The van der Waals surface area contributed by atoms with Crippen molar-refractivity contribution in [3.63, 3.8) is 0 Å². The van der Waals surface area contributed by atoms with Crippen molar-refractivity contribution in [3.05, 3.63) is 12.7 Å². The summed E-state index contributed by atoms with van der Waals surface area (Å²) < 4.78 is 9.77. The van der Waals surface area contributed by atoms with Gasteiger partial charge in [0.15, 0.2) is 5.92 Å². The number of allylic oxidation sites excluding steroid dienone is 1. The summed E-state index contributed by atoms with van der Waals surface area (Å²) in [6.07, 6.45) is 3.39. The predicted molar refractivity (Wildman–Crippen MR) is 60.8 cm³/mol. The van der Waals surface area contributed by atoms with Gasteiger partial charge < -0.3 is 9.47 Å². The Balaban J connectivity index is 4.33. The summed E-state index contributed by atoms with van der Waals surface area (Å²) in [4.78, 5) is 23.1. The van der Waals surface area contributed by atoms with Crippen molar-refractivity contribution in [1.82, 2.24) is 0 Å². The topological polar surface area (TPSA) is 52.6 Å². The first-order chi connectivity index (χ1) is 7.67. The fourth-order valence-corrected chi connectivity index (χ4v) is 1.16. The van der Waals surface area contributed by atoms with Crippen LogP contribution < -0.4 is 0 Å². The standard InChI is InChI=1S/C12H20O4/c1-4-7-8-10(11(13)15-6-3)12(14)16-9-5-2/h4,10H,1,5-9H2,2-3H3. The Morgan fingerprint density at radius 1 is 1.25 bits per heavy atom. The summed E-state index contributed by atoms with van der Waals surface area (Å²) in [5.74, 6) is -1.82. The molecule has 0 bridgehead atoms. The molecule has 0 aliphatic rings. The lowest BCUT2D eigenvalue weighted by Gasteiger charge is -2.13. The Hall–Kier alpha value is -1.32. The van der Waals surface area contributed by atoms with E-state index in [2.05, 4.69) is 6.58 Å². The molecular weight excluding hydrogens is 208 g/mol. The molecule has 0 spiro atoms. The fourth-order valence-electron chi connectivity index (χ4n) is 1.16. The number of esters is 2. The lowest BCUT2D eigenvalue weighted by Crippen LogP contribution is -2.28. The average molecular weight is 228 g/mol. The maximum absolute atomic E-state index is 11.6. The van der Waals surface area contributed by atoms with Crippen LogP contribution in [0.4, 0.5) is 0 Å². The van der Waals surface area contributed by atoms with Gasteiger partial charge in [0.25, 0.3) is 0 Å². The summed E-state index contributed by atoms with van der Waals surface area (Å²) in [7, 11) is 0. The zero-order valence-corrected chi connectivity index (χ0v) is 10.0. The van der Waals surface area contributed by atoms with Crippen molar-refractivity contribution >= 4 is 11.9 Å². The maximum Gasteiger partial charge on any atom is 0.320 e. The van der Waals surface area contributed by atoms with Crippen LogP contribution in [0.3, 0.4) is 0 Å². The van der Waals surface area contributed by atoms with Crippen LogP contribution >= 0.6 is 0 Å². The van der Waals surface area contributed by atoms with Crippen molar-refractivity contribution in [2.75, 3.05) is 13.2 Å². The lowest BCUT2D eigenvalue weighted by atomic mass is 10.0. The molecule has 0 aromatic rings. The molecule has 4 nitrogen and oxygen atoms in total. The summed E-state index contributed by atoms with van der Waals surface area (Å²) in [6.45, 7) is 7.77. The van der Waals surface area contributed by atoms with Crippen LogP contribution in [0.2, 0.25) is 0 Å². The third kappa shape index (κ3) is 5.53. The molecule has 0 amide bonds. The van der Waals surface area contributed by atoms with E-state index in [1.165, 1.54) is 0 Å². The minimum absolute atomic E-state index is 0.268. The second-order valence-corrected chi connectivity index (χ2v) is 3.34. The van der Waals surface area contributed by atoms with Crippen LogP contribution in [0.15, 0.2) is 12.7 Å². The first kappa shape index (κ1) is 14.7. The number of rotatable bonds is 8. The molecule has 0 aliphatic heterocycles. The Labute approximate surface area is 96.6 Å². The summed E-state index contributed by atoms with van der Waals surface area (Å²) in [6, 6.07) is 0. The van der Waals surface area contributed by atoms with Crippen molar-refractivity contribution < 1.29 is 19.1 Å². The number of carbonyl (C=O) groups excluding carboxylic acids is 2. The quantitative estimate of drug-likeness (QED) is 0.362. The van der Waals surface area contributed by atoms with E-state index in [1.54, 1.807) is 13.0 Å². The molecule has 0 radical (unpaired) electrons. The molecule has 0 saturated heterocycles. The van der Waals surface area contributed by atoms with Gasteiger partial charge in [-0.05, 0) is 26.2 Å². The van der Waals surface area contributed by atoms with Crippen LogP contribution in [0.5, 0.6) is 0 Å². The maximum atomic E-state index is 11.6. The zero-order valence-electron chi connectivity index (χ0n) is 10.0. The molecular formula is C12H20O4. The van der Waals surface area contributed by atoms with Gasteiger partial charge in [-0.1, -0.05) is 13.0 Å². The lowest BCUT2D eigenvalue weighted by molar-refractivity contribution is -0.162. The molecule has 1 atom stereocenters. The molecule has 0 rings (SSSR count). The molecule has 0 saturated carbocycles. The molecule has 1 unspecified atom stereocenters. The van der Waals surface area contributed by atoms with Crippen molar-refractivity contribution in [3.8, 4) is 0 Å². The average Bonchev–Trinajstić information content (AvgIpc) is 2.27. The number of hydrogen-bond donors (Lipinski definition) is 0. The van der Waals surface area contributed by atoms with E-state index in [9.17, 15) is 9.59 Å². The first-order valence-electron chi connectivity index (χ1n) is 5.61. The highest BCUT2D eigenvalue weighted by Crippen LogP contribution is 2.12. The summed E-state index contributed by atoms with van der Waals surface area (Å²) in [5.41, 5.74) is 0. The van der Waals surface area contributed by atoms with Crippen LogP contribution in [0.25, 0.3) is 0 Å². The SMILES string of the molecule is C=CCCC(C(=O)OCC)C(=O)OCCC. The highest BCUT2D eigenvalue weighted by Gasteiger charge is 2.28. The highest BCUT2D eigenvalue weighted by molar-refractivity contribution is 5.94. The van der Waals surface area contributed by atoms with Crippen molar-refractivity contribution in [1.29, 1.82) is 0 Å². The molecule has 0 aliphatic carbocycles. The number of hydrogen-bond acceptors (Lipinski definition) is 4. The fraction of sp³-hybridized carbons (Fsp3) is 0.667. The van der Waals surface area contributed by atoms with Crippen molar-refractivity contribution in [2.24, 2.45) is 5.92 Å². The minimum Gasteiger partial charge on any atom is -0.465 e. The van der Waals surface area contributed by atoms with Gasteiger partial charge in [0.05, 0.1) is 13.2 Å². The normalized spacial score (nSPS) is 11.6. The molecule has 92 valence electrons. The van der Waals surface area contributed by atoms with Gasteiger partial charge in [0.2, 0.25) is 0 Å². The van der Waals surface area contributed by atoms with Gasteiger partial charge in [0, 0.05) is 0 Å². The molecule has 16 heavy (non-hydrogen) atoms. The van der Waals surface area contributed by atoms with E-state index in [-0.39, 0.29) is 6.61 Å². The monoisotopic (exact) mass is 228 g/mol. The minimum atomic E-state index is -0.815. The van der Waals surface area contributed by atoms with E-state index in [1.807, 2.05) is 6.92 Å². The largest absolute Gasteiger partial charge is 0.465 e. The number of ether oxygens (including phenoxy) is 2. The Kier molecular flexibility index (Phi) is 8.21. The molecule has 0 heterocycles. The van der Waals surface area contributed by atoms with Crippen LogP contribution in [0.1, 0.15) is 33.1 Å². The van der Waals surface area contributed by atoms with Gasteiger partial charge in [-0.25, -0.2) is 0 Å². The van der Waals surface area contributed by atoms with Crippen molar-refractivity contribution in [2.45, 2.75) is 33.1 Å². The van der Waals surface area contributed by atoms with Crippen LogP contribution in [-0.2, 0) is 19.1 Å². The smallest absolute Gasteiger partial charge is 0.320 e. The molecule has 0 N–H and O–H groups in total. The van der Waals surface area contributed by atoms with Crippen LogP contribution in [-0.4, -0.2) is 25.2 Å². The van der Waals surface area contributed by atoms with E-state index in [0.29, 0.717) is 19.4 Å². The third-order valence-electron chi connectivity index (χ3n) is 1.96.